The normalized spacial score (nSPS) is 25.2. The Labute approximate surface area is 113 Å². The fraction of sp³-hybridized carbons (Fsp3) is 0.538. The number of nitrogens with two attached hydrogens (primary N) is 1. The van der Waals surface area contributed by atoms with E-state index in [1.54, 1.807) is 7.11 Å². The van der Waals surface area contributed by atoms with Gasteiger partial charge in [-0.3, -0.25) is 0 Å². The van der Waals surface area contributed by atoms with Crippen molar-refractivity contribution in [2.24, 2.45) is 5.73 Å². The van der Waals surface area contributed by atoms with Crippen molar-refractivity contribution in [3.8, 4) is 11.5 Å². The van der Waals surface area contributed by atoms with E-state index in [0.29, 0.717) is 30.9 Å². The Bertz CT molecular complexity index is 543. The fourth-order valence-electron chi connectivity index (χ4n) is 2.24. The third-order valence-corrected chi connectivity index (χ3v) is 5.19. The highest BCUT2D eigenvalue weighted by Crippen LogP contribution is 2.28. The van der Waals surface area contributed by atoms with Crippen molar-refractivity contribution in [2.45, 2.75) is 18.4 Å². The maximum Gasteiger partial charge on any atom is 0.161 e. The van der Waals surface area contributed by atoms with E-state index in [0.717, 1.165) is 0 Å². The number of ether oxygens (including phenoxy) is 2. The molecule has 5 nitrogen and oxygen atoms in total. The first-order valence-electron chi connectivity index (χ1n) is 6.19. The molecule has 1 unspecified atom stereocenters. The van der Waals surface area contributed by atoms with Gasteiger partial charge < -0.3 is 15.2 Å². The summed E-state index contributed by atoms with van der Waals surface area (Å²) in [5, 5.41) is 0. The first-order chi connectivity index (χ1) is 8.94. The summed E-state index contributed by atoms with van der Waals surface area (Å²) in [6.07, 6.45) is 1.02. The van der Waals surface area contributed by atoms with Gasteiger partial charge in [0, 0.05) is 12.0 Å². The van der Waals surface area contributed by atoms with Crippen molar-refractivity contribution >= 4 is 9.84 Å². The SMILES string of the molecule is COc1ccccc1OCCC1(N)CCS(=O)(=O)C1. The van der Waals surface area contributed by atoms with Gasteiger partial charge in [-0.25, -0.2) is 8.42 Å². The molecule has 1 aromatic rings. The minimum absolute atomic E-state index is 0.0509. The Morgan fingerprint density at radius 1 is 1.32 bits per heavy atom. The van der Waals surface area contributed by atoms with Gasteiger partial charge in [0.2, 0.25) is 0 Å². The van der Waals surface area contributed by atoms with Crippen LogP contribution in [-0.4, -0.2) is 39.2 Å². The molecule has 1 fully saturated rings. The lowest BCUT2D eigenvalue weighted by atomic mass is 9.97. The number of hydrogen-bond donors (Lipinski definition) is 1. The van der Waals surface area contributed by atoms with E-state index in [9.17, 15) is 8.42 Å². The third kappa shape index (κ3) is 3.61. The van der Waals surface area contributed by atoms with Gasteiger partial charge in [-0.15, -0.1) is 0 Å². The van der Waals surface area contributed by atoms with Gasteiger partial charge in [-0.05, 0) is 18.6 Å². The summed E-state index contributed by atoms with van der Waals surface area (Å²) in [6.45, 7) is 0.381. The van der Waals surface area contributed by atoms with Crippen LogP contribution in [0.4, 0.5) is 0 Å². The molecule has 1 aromatic carbocycles. The van der Waals surface area contributed by atoms with E-state index in [1.807, 2.05) is 24.3 Å². The van der Waals surface area contributed by atoms with Crippen LogP contribution < -0.4 is 15.2 Å². The van der Waals surface area contributed by atoms with Crippen molar-refractivity contribution in [3.63, 3.8) is 0 Å². The highest BCUT2D eigenvalue weighted by atomic mass is 32.2. The summed E-state index contributed by atoms with van der Waals surface area (Å²) in [5.74, 6) is 1.54. The standard InChI is InChI=1S/C13H19NO4S/c1-17-11-4-2-3-5-12(11)18-8-6-13(14)7-9-19(15,16)10-13/h2-5H,6-10,14H2,1H3. The zero-order chi connectivity index (χ0) is 13.9. The van der Waals surface area contributed by atoms with Crippen LogP contribution >= 0.6 is 0 Å². The number of benzene rings is 1. The average Bonchev–Trinajstić information content (AvgIpc) is 2.64. The van der Waals surface area contributed by atoms with Crippen molar-refractivity contribution in [1.82, 2.24) is 0 Å². The predicted octanol–water partition coefficient (Wildman–Crippen LogP) is 0.980. The predicted molar refractivity (Wildman–Crippen MR) is 73.3 cm³/mol. The number of sulfone groups is 1. The van der Waals surface area contributed by atoms with Crippen LogP contribution in [0.15, 0.2) is 24.3 Å². The van der Waals surface area contributed by atoms with Gasteiger partial charge in [0.05, 0.1) is 25.2 Å². The van der Waals surface area contributed by atoms with Crippen molar-refractivity contribution < 1.29 is 17.9 Å². The van der Waals surface area contributed by atoms with Gasteiger partial charge in [-0.2, -0.15) is 0 Å². The Morgan fingerprint density at radius 3 is 2.58 bits per heavy atom. The Balaban J connectivity index is 1.90. The molecule has 0 amide bonds. The highest BCUT2D eigenvalue weighted by Gasteiger charge is 2.38. The van der Waals surface area contributed by atoms with Crippen LogP contribution in [0.25, 0.3) is 0 Å². The van der Waals surface area contributed by atoms with Crippen LogP contribution in [0.1, 0.15) is 12.8 Å². The molecule has 19 heavy (non-hydrogen) atoms. The smallest absolute Gasteiger partial charge is 0.161 e. The van der Waals surface area contributed by atoms with Gasteiger partial charge in [0.25, 0.3) is 0 Å². The summed E-state index contributed by atoms with van der Waals surface area (Å²) in [7, 11) is -1.39. The second-order valence-electron chi connectivity index (χ2n) is 4.95. The van der Waals surface area contributed by atoms with Crippen molar-refractivity contribution in [1.29, 1.82) is 0 Å². The number of hydrogen-bond acceptors (Lipinski definition) is 5. The Kier molecular flexibility index (Phi) is 4.01. The quantitative estimate of drug-likeness (QED) is 0.872. The molecule has 0 saturated carbocycles. The average molecular weight is 285 g/mol. The van der Waals surface area contributed by atoms with Crippen LogP contribution in [0.5, 0.6) is 11.5 Å². The summed E-state index contributed by atoms with van der Waals surface area (Å²) in [5.41, 5.74) is 5.43. The molecule has 6 heteroatoms. The minimum Gasteiger partial charge on any atom is -0.493 e. The summed E-state index contributed by atoms with van der Waals surface area (Å²) >= 11 is 0. The zero-order valence-corrected chi connectivity index (χ0v) is 11.8. The van der Waals surface area contributed by atoms with E-state index in [2.05, 4.69) is 0 Å². The van der Waals surface area contributed by atoms with E-state index in [4.69, 9.17) is 15.2 Å². The summed E-state index contributed by atoms with van der Waals surface area (Å²) < 4.78 is 33.7. The molecule has 0 spiro atoms. The van der Waals surface area contributed by atoms with E-state index >= 15 is 0 Å². The molecule has 2 rings (SSSR count). The number of rotatable bonds is 5. The monoisotopic (exact) mass is 285 g/mol. The highest BCUT2D eigenvalue weighted by molar-refractivity contribution is 7.91. The molecule has 0 aromatic heterocycles. The minimum atomic E-state index is -2.97. The third-order valence-electron chi connectivity index (χ3n) is 3.34. The number of methoxy groups -OCH3 is 1. The molecule has 106 valence electrons. The number of para-hydroxylation sites is 2. The molecule has 1 aliphatic rings. The van der Waals surface area contributed by atoms with Crippen LogP contribution in [0.3, 0.4) is 0 Å². The van der Waals surface area contributed by atoms with Crippen molar-refractivity contribution in [3.05, 3.63) is 24.3 Å². The fourth-order valence-corrected chi connectivity index (χ4v) is 4.27. The van der Waals surface area contributed by atoms with E-state index < -0.39 is 15.4 Å². The van der Waals surface area contributed by atoms with E-state index in [-0.39, 0.29) is 11.5 Å². The molecular formula is C13H19NO4S. The van der Waals surface area contributed by atoms with Crippen molar-refractivity contribution in [2.75, 3.05) is 25.2 Å². The second-order valence-corrected chi connectivity index (χ2v) is 7.14. The summed E-state index contributed by atoms with van der Waals surface area (Å²) in [6, 6.07) is 7.34. The van der Waals surface area contributed by atoms with Gasteiger partial charge in [-0.1, -0.05) is 12.1 Å². The molecule has 0 bridgehead atoms. The lowest BCUT2D eigenvalue weighted by Gasteiger charge is -2.22. The largest absolute Gasteiger partial charge is 0.493 e. The maximum absolute atomic E-state index is 11.4. The van der Waals surface area contributed by atoms with Gasteiger partial charge >= 0.3 is 0 Å². The Hall–Kier alpha value is -1.27. The topological polar surface area (TPSA) is 78.6 Å². The van der Waals surface area contributed by atoms with Crippen LogP contribution in [0, 0.1) is 0 Å². The van der Waals surface area contributed by atoms with Crippen LogP contribution in [0.2, 0.25) is 0 Å². The molecule has 0 aliphatic carbocycles. The van der Waals surface area contributed by atoms with Gasteiger partial charge in [0.1, 0.15) is 0 Å². The maximum atomic E-state index is 11.4. The Morgan fingerprint density at radius 2 is 2.00 bits per heavy atom. The molecule has 0 radical (unpaired) electrons. The summed E-state index contributed by atoms with van der Waals surface area (Å²) in [4.78, 5) is 0. The zero-order valence-electron chi connectivity index (χ0n) is 11.0. The first-order valence-corrected chi connectivity index (χ1v) is 8.01. The molecule has 1 aliphatic heterocycles. The lowest BCUT2D eigenvalue weighted by Crippen LogP contribution is -2.42. The first kappa shape index (κ1) is 14.1. The second kappa shape index (κ2) is 5.38. The van der Waals surface area contributed by atoms with Gasteiger partial charge in [0.15, 0.2) is 21.3 Å². The molecule has 1 atom stereocenters. The molecular weight excluding hydrogens is 266 g/mol. The molecule has 1 heterocycles. The van der Waals surface area contributed by atoms with E-state index in [1.165, 1.54) is 0 Å². The van der Waals surface area contributed by atoms with Crippen LogP contribution in [-0.2, 0) is 9.84 Å². The molecule has 2 N–H and O–H groups in total. The molecule has 1 saturated heterocycles. The lowest BCUT2D eigenvalue weighted by molar-refractivity contribution is 0.256.